The molecule has 4 heteroatoms. The first-order valence-corrected chi connectivity index (χ1v) is 7.04. The summed E-state index contributed by atoms with van der Waals surface area (Å²) in [7, 11) is 0. The second-order valence-electron chi connectivity index (χ2n) is 4.74. The minimum atomic E-state index is -0.171. The zero-order valence-electron chi connectivity index (χ0n) is 11.9. The lowest BCUT2D eigenvalue weighted by Crippen LogP contribution is -2.20. The Labute approximate surface area is 124 Å². The first-order chi connectivity index (χ1) is 10.3. The van der Waals surface area contributed by atoms with Crippen LogP contribution < -0.4 is 15.8 Å². The van der Waals surface area contributed by atoms with Crippen molar-refractivity contribution in [2.45, 2.75) is 12.8 Å². The summed E-state index contributed by atoms with van der Waals surface area (Å²) in [4.78, 5) is 11.9. The van der Waals surface area contributed by atoms with E-state index in [1.807, 2.05) is 54.6 Å². The molecule has 0 spiro atoms. The van der Waals surface area contributed by atoms with Crippen molar-refractivity contribution >= 4 is 11.6 Å². The third kappa shape index (κ3) is 5.28. The minimum Gasteiger partial charge on any atom is -0.484 e. The molecule has 0 aliphatic rings. The fourth-order valence-corrected chi connectivity index (χ4v) is 1.97. The number of carbonyl (C=O) groups is 1. The summed E-state index contributed by atoms with van der Waals surface area (Å²) >= 11 is 0. The smallest absolute Gasteiger partial charge is 0.262 e. The van der Waals surface area contributed by atoms with Crippen molar-refractivity contribution in [1.82, 2.24) is 0 Å². The van der Waals surface area contributed by atoms with Crippen molar-refractivity contribution in [3.8, 4) is 5.75 Å². The molecule has 0 saturated carbocycles. The van der Waals surface area contributed by atoms with E-state index in [1.165, 1.54) is 5.56 Å². The van der Waals surface area contributed by atoms with Crippen LogP contribution in [0.15, 0.2) is 54.6 Å². The molecule has 4 nitrogen and oxygen atoms in total. The molecule has 0 aromatic heterocycles. The Morgan fingerprint density at radius 1 is 1.10 bits per heavy atom. The molecule has 2 aromatic rings. The molecule has 0 atom stereocenters. The van der Waals surface area contributed by atoms with Crippen LogP contribution in [0.4, 0.5) is 5.69 Å². The molecule has 0 fully saturated rings. The third-order valence-electron chi connectivity index (χ3n) is 2.99. The van der Waals surface area contributed by atoms with Gasteiger partial charge >= 0.3 is 0 Å². The summed E-state index contributed by atoms with van der Waals surface area (Å²) in [6, 6.07) is 17.1. The number of ether oxygens (including phenoxy) is 1. The van der Waals surface area contributed by atoms with Crippen LogP contribution in [-0.2, 0) is 11.2 Å². The second-order valence-corrected chi connectivity index (χ2v) is 4.74. The van der Waals surface area contributed by atoms with Crippen LogP contribution in [0.5, 0.6) is 5.75 Å². The van der Waals surface area contributed by atoms with Crippen LogP contribution in [0.2, 0.25) is 0 Å². The molecule has 110 valence electrons. The number of carbonyl (C=O) groups excluding carboxylic acids is 1. The molecule has 0 saturated heterocycles. The summed E-state index contributed by atoms with van der Waals surface area (Å²) in [5, 5.41) is 2.83. The number of benzene rings is 2. The van der Waals surface area contributed by atoms with Crippen molar-refractivity contribution in [1.29, 1.82) is 0 Å². The average Bonchev–Trinajstić information content (AvgIpc) is 2.52. The Balaban J connectivity index is 1.84. The molecule has 0 aliphatic heterocycles. The van der Waals surface area contributed by atoms with E-state index in [9.17, 15) is 4.79 Å². The van der Waals surface area contributed by atoms with E-state index in [0.717, 1.165) is 18.5 Å². The minimum absolute atomic E-state index is 0.00294. The van der Waals surface area contributed by atoms with Crippen molar-refractivity contribution in [3.05, 3.63) is 60.2 Å². The summed E-state index contributed by atoms with van der Waals surface area (Å²) in [6.45, 7) is 0.665. The van der Waals surface area contributed by atoms with Gasteiger partial charge < -0.3 is 15.8 Å². The standard InChI is InChI=1S/C17H20N2O2/c18-11-5-7-14-6-4-8-15(12-14)19-17(20)13-21-16-9-2-1-3-10-16/h1-4,6,8-10,12H,5,7,11,13,18H2,(H,19,20). The Bertz CT molecular complexity index is 570. The van der Waals surface area contributed by atoms with Gasteiger partial charge in [0.05, 0.1) is 0 Å². The van der Waals surface area contributed by atoms with Gasteiger partial charge in [-0.1, -0.05) is 30.3 Å². The number of rotatable bonds is 7. The highest BCUT2D eigenvalue weighted by atomic mass is 16.5. The maximum absolute atomic E-state index is 11.9. The van der Waals surface area contributed by atoms with Gasteiger partial charge in [0.25, 0.3) is 5.91 Å². The Morgan fingerprint density at radius 3 is 2.67 bits per heavy atom. The highest BCUT2D eigenvalue weighted by Crippen LogP contribution is 2.13. The quantitative estimate of drug-likeness (QED) is 0.821. The first-order valence-electron chi connectivity index (χ1n) is 7.04. The van der Waals surface area contributed by atoms with Gasteiger partial charge in [0, 0.05) is 5.69 Å². The van der Waals surface area contributed by atoms with E-state index >= 15 is 0 Å². The Kier molecular flexibility index (Phi) is 5.79. The fraction of sp³-hybridized carbons (Fsp3) is 0.235. The molecular weight excluding hydrogens is 264 g/mol. The monoisotopic (exact) mass is 284 g/mol. The van der Waals surface area contributed by atoms with Crippen molar-refractivity contribution in [2.75, 3.05) is 18.5 Å². The van der Waals surface area contributed by atoms with E-state index in [1.54, 1.807) is 0 Å². The number of para-hydroxylation sites is 1. The van der Waals surface area contributed by atoms with E-state index in [0.29, 0.717) is 12.3 Å². The SMILES string of the molecule is NCCCc1cccc(NC(=O)COc2ccccc2)c1. The molecule has 21 heavy (non-hydrogen) atoms. The lowest BCUT2D eigenvalue weighted by Gasteiger charge is -2.08. The molecule has 2 aromatic carbocycles. The lowest BCUT2D eigenvalue weighted by atomic mass is 10.1. The Morgan fingerprint density at radius 2 is 1.90 bits per heavy atom. The highest BCUT2D eigenvalue weighted by molar-refractivity contribution is 5.91. The first kappa shape index (κ1) is 15.1. The number of hydrogen-bond donors (Lipinski definition) is 2. The number of amides is 1. The third-order valence-corrected chi connectivity index (χ3v) is 2.99. The summed E-state index contributed by atoms with van der Waals surface area (Å²) in [6.07, 6.45) is 1.86. The van der Waals surface area contributed by atoms with Crippen molar-refractivity contribution < 1.29 is 9.53 Å². The predicted molar refractivity (Wildman–Crippen MR) is 84.4 cm³/mol. The van der Waals surface area contributed by atoms with Crippen LogP contribution in [0, 0.1) is 0 Å². The van der Waals surface area contributed by atoms with Gasteiger partial charge in [-0.05, 0) is 49.2 Å². The maximum Gasteiger partial charge on any atom is 0.262 e. The summed E-state index contributed by atoms with van der Waals surface area (Å²) in [5.41, 5.74) is 7.46. The van der Waals surface area contributed by atoms with Crippen LogP contribution in [0.3, 0.4) is 0 Å². The van der Waals surface area contributed by atoms with Gasteiger partial charge in [-0.25, -0.2) is 0 Å². The van der Waals surface area contributed by atoms with E-state index in [-0.39, 0.29) is 12.5 Å². The largest absolute Gasteiger partial charge is 0.484 e. The summed E-state index contributed by atoms with van der Waals surface area (Å²) < 4.78 is 5.41. The van der Waals surface area contributed by atoms with Crippen LogP contribution in [-0.4, -0.2) is 19.1 Å². The van der Waals surface area contributed by atoms with E-state index in [4.69, 9.17) is 10.5 Å². The zero-order chi connectivity index (χ0) is 14.9. The van der Waals surface area contributed by atoms with Gasteiger partial charge in [-0.2, -0.15) is 0 Å². The zero-order valence-corrected chi connectivity index (χ0v) is 11.9. The molecule has 0 unspecified atom stereocenters. The topological polar surface area (TPSA) is 64.3 Å². The van der Waals surface area contributed by atoms with Gasteiger partial charge in [0.15, 0.2) is 6.61 Å². The lowest BCUT2D eigenvalue weighted by molar-refractivity contribution is -0.118. The molecular formula is C17H20N2O2. The van der Waals surface area contributed by atoms with Gasteiger partial charge in [-0.3, -0.25) is 4.79 Å². The molecule has 0 aliphatic carbocycles. The van der Waals surface area contributed by atoms with Crippen molar-refractivity contribution in [2.24, 2.45) is 5.73 Å². The van der Waals surface area contributed by atoms with E-state index < -0.39 is 0 Å². The van der Waals surface area contributed by atoms with Gasteiger partial charge in [0.1, 0.15) is 5.75 Å². The molecule has 0 radical (unpaired) electrons. The number of hydrogen-bond acceptors (Lipinski definition) is 3. The number of anilines is 1. The molecule has 1 amide bonds. The van der Waals surface area contributed by atoms with Crippen LogP contribution >= 0.6 is 0 Å². The fourth-order valence-electron chi connectivity index (χ4n) is 1.97. The van der Waals surface area contributed by atoms with Crippen molar-refractivity contribution in [3.63, 3.8) is 0 Å². The second kappa shape index (κ2) is 8.07. The van der Waals surface area contributed by atoms with Crippen LogP contribution in [0.25, 0.3) is 0 Å². The molecule has 2 rings (SSSR count). The maximum atomic E-state index is 11.9. The predicted octanol–water partition coefficient (Wildman–Crippen LogP) is 2.60. The van der Waals surface area contributed by atoms with E-state index in [2.05, 4.69) is 5.32 Å². The Hall–Kier alpha value is -2.33. The number of nitrogens with two attached hydrogens (primary N) is 1. The van der Waals surface area contributed by atoms with Gasteiger partial charge in [-0.15, -0.1) is 0 Å². The number of aryl methyl sites for hydroxylation is 1. The molecule has 0 heterocycles. The molecule has 0 bridgehead atoms. The van der Waals surface area contributed by atoms with Gasteiger partial charge in [0.2, 0.25) is 0 Å². The molecule has 3 N–H and O–H groups in total. The van der Waals surface area contributed by atoms with Crippen LogP contribution in [0.1, 0.15) is 12.0 Å². The average molecular weight is 284 g/mol. The summed E-state index contributed by atoms with van der Waals surface area (Å²) in [5.74, 6) is 0.513. The highest BCUT2D eigenvalue weighted by Gasteiger charge is 2.04. The number of nitrogens with one attached hydrogen (secondary N) is 1. The normalized spacial score (nSPS) is 10.1.